The molecular formula is C19H22BrN5O2. The SMILES string of the molecule is Cn1c(N2CCCCC2)nc2c1c(=O)n(Cc1ccc(Br)cc1)c(=O)n2C. The molecule has 0 spiro atoms. The second-order valence-electron chi connectivity index (χ2n) is 7.05. The van der Waals surface area contributed by atoms with Crippen molar-refractivity contribution in [1.82, 2.24) is 18.7 Å². The molecule has 1 aromatic carbocycles. The zero-order valence-corrected chi connectivity index (χ0v) is 17.1. The summed E-state index contributed by atoms with van der Waals surface area (Å²) in [5, 5.41) is 0. The fourth-order valence-corrected chi connectivity index (χ4v) is 3.98. The summed E-state index contributed by atoms with van der Waals surface area (Å²) in [6.07, 6.45) is 3.46. The highest BCUT2D eigenvalue weighted by atomic mass is 79.9. The molecule has 0 unspecified atom stereocenters. The molecule has 0 radical (unpaired) electrons. The van der Waals surface area contributed by atoms with Gasteiger partial charge in [0.15, 0.2) is 11.2 Å². The van der Waals surface area contributed by atoms with Crippen molar-refractivity contribution >= 4 is 33.0 Å². The second-order valence-corrected chi connectivity index (χ2v) is 7.97. The monoisotopic (exact) mass is 431 g/mol. The molecule has 0 saturated carbocycles. The molecule has 8 heteroatoms. The smallest absolute Gasteiger partial charge is 0.332 e. The summed E-state index contributed by atoms with van der Waals surface area (Å²) in [6.45, 7) is 2.09. The number of hydrogen-bond acceptors (Lipinski definition) is 4. The largest absolute Gasteiger partial charge is 0.342 e. The minimum absolute atomic E-state index is 0.235. The van der Waals surface area contributed by atoms with E-state index in [-0.39, 0.29) is 17.8 Å². The fourth-order valence-electron chi connectivity index (χ4n) is 3.72. The Morgan fingerprint density at radius 3 is 2.33 bits per heavy atom. The van der Waals surface area contributed by atoms with E-state index >= 15 is 0 Å². The van der Waals surface area contributed by atoms with Crippen LogP contribution < -0.4 is 16.1 Å². The number of benzene rings is 1. The molecule has 3 aromatic rings. The van der Waals surface area contributed by atoms with Crippen molar-refractivity contribution in [2.75, 3.05) is 18.0 Å². The maximum Gasteiger partial charge on any atom is 0.332 e. The molecule has 7 nitrogen and oxygen atoms in total. The summed E-state index contributed by atoms with van der Waals surface area (Å²) in [7, 11) is 3.53. The second kappa shape index (κ2) is 6.99. The van der Waals surface area contributed by atoms with Gasteiger partial charge in [-0.1, -0.05) is 28.1 Å². The minimum Gasteiger partial charge on any atom is -0.342 e. The van der Waals surface area contributed by atoms with Crippen molar-refractivity contribution in [2.45, 2.75) is 25.8 Å². The molecule has 0 atom stereocenters. The number of rotatable bonds is 3. The first kappa shape index (κ1) is 18.0. The molecule has 3 heterocycles. The van der Waals surface area contributed by atoms with Crippen LogP contribution in [-0.2, 0) is 20.6 Å². The zero-order chi connectivity index (χ0) is 19.1. The van der Waals surface area contributed by atoms with Crippen molar-refractivity contribution in [3.63, 3.8) is 0 Å². The average Bonchev–Trinajstić information content (AvgIpc) is 3.03. The summed E-state index contributed by atoms with van der Waals surface area (Å²) in [4.78, 5) is 32.8. The molecular weight excluding hydrogens is 410 g/mol. The van der Waals surface area contributed by atoms with Gasteiger partial charge in [0.25, 0.3) is 5.56 Å². The molecule has 1 aliphatic rings. The number of piperidine rings is 1. The highest BCUT2D eigenvalue weighted by Gasteiger charge is 2.22. The van der Waals surface area contributed by atoms with E-state index in [9.17, 15) is 9.59 Å². The van der Waals surface area contributed by atoms with Gasteiger partial charge in [0.05, 0.1) is 6.54 Å². The fraction of sp³-hybridized carbons (Fsp3) is 0.421. The first-order valence-electron chi connectivity index (χ1n) is 9.13. The van der Waals surface area contributed by atoms with Crippen molar-refractivity contribution < 1.29 is 0 Å². The number of fused-ring (bicyclic) bond motifs is 1. The van der Waals surface area contributed by atoms with Crippen LogP contribution >= 0.6 is 15.9 Å². The third-order valence-corrected chi connectivity index (χ3v) is 5.76. The van der Waals surface area contributed by atoms with E-state index in [1.54, 1.807) is 7.05 Å². The van der Waals surface area contributed by atoms with E-state index in [1.807, 2.05) is 35.9 Å². The molecule has 0 amide bonds. The first-order valence-corrected chi connectivity index (χ1v) is 9.92. The Bertz CT molecular complexity index is 1100. The van der Waals surface area contributed by atoms with Crippen LogP contribution in [0.25, 0.3) is 11.2 Å². The Balaban J connectivity index is 1.86. The van der Waals surface area contributed by atoms with Crippen LogP contribution in [0.3, 0.4) is 0 Å². The predicted octanol–water partition coefficient (Wildman–Crippen LogP) is 2.23. The van der Waals surface area contributed by atoms with Gasteiger partial charge in [0.2, 0.25) is 5.95 Å². The van der Waals surface area contributed by atoms with Crippen molar-refractivity contribution in [1.29, 1.82) is 0 Å². The molecule has 27 heavy (non-hydrogen) atoms. The van der Waals surface area contributed by atoms with E-state index < -0.39 is 0 Å². The summed E-state index contributed by atoms with van der Waals surface area (Å²) >= 11 is 3.40. The van der Waals surface area contributed by atoms with Crippen LogP contribution in [0, 0.1) is 0 Å². The number of anilines is 1. The maximum absolute atomic E-state index is 13.2. The summed E-state index contributed by atoms with van der Waals surface area (Å²) in [5.41, 5.74) is 1.16. The molecule has 4 rings (SSSR count). The van der Waals surface area contributed by atoms with Crippen LogP contribution in [-0.4, -0.2) is 31.8 Å². The van der Waals surface area contributed by atoms with Gasteiger partial charge in [-0.05, 0) is 37.0 Å². The van der Waals surface area contributed by atoms with Crippen LogP contribution in [0.5, 0.6) is 0 Å². The highest BCUT2D eigenvalue weighted by Crippen LogP contribution is 2.21. The molecule has 2 aromatic heterocycles. The van der Waals surface area contributed by atoms with Crippen LogP contribution in [0.4, 0.5) is 5.95 Å². The van der Waals surface area contributed by atoms with Crippen LogP contribution in [0.15, 0.2) is 38.3 Å². The van der Waals surface area contributed by atoms with E-state index in [4.69, 9.17) is 0 Å². The Morgan fingerprint density at radius 2 is 1.67 bits per heavy atom. The average molecular weight is 432 g/mol. The summed E-state index contributed by atoms with van der Waals surface area (Å²) in [5.74, 6) is 0.762. The van der Waals surface area contributed by atoms with Gasteiger partial charge in [0.1, 0.15) is 0 Å². The molecule has 0 N–H and O–H groups in total. The molecule has 1 fully saturated rings. The number of nitrogens with zero attached hydrogens (tertiary/aromatic N) is 5. The number of imidazole rings is 1. The third-order valence-electron chi connectivity index (χ3n) is 5.23. The lowest BCUT2D eigenvalue weighted by Crippen LogP contribution is -2.39. The first-order chi connectivity index (χ1) is 13.0. The molecule has 0 aliphatic carbocycles. The van der Waals surface area contributed by atoms with Gasteiger partial charge in [-0.15, -0.1) is 0 Å². The summed E-state index contributed by atoms with van der Waals surface area (Å²) < 4.78 is 5.55. The Morgan fingerprint density at radius 1 is 1.00 bits per heavy atom. The van der Waals surface area contributed by atoms with Crippen molar-refractivity contribution in [3.8, 4) is 0 Å². The minimum atomic E-state index is -0.348. The van der Waals surface area contributed by atoms with Crippen LogP contribution in [0.2, 0.25) is 0 Å². The van der Waals surface area contributed by atoms with Crippen molar-refractivity contribution in [3.05, 3.63) is 55.1 Å². The van der Waals surface area contributed by atoms with Gasteiger partial charge in [0, 0.05) is 31.7 Å². The Kier molecular flexibility index (Phi) is 4.67. The van der Waals surface area contributed by atoms with Crippen LogP contribution in [0.1, 0.15) is 24.8 Å². The predicted molar refractivity (Wildman–Crippen MR) is 110 cm³/mol. The molecule has 1 saturated heterocycles. The highest BCUT2D eigenvalue weighted by molar-refractivity contribution is 9.10. The number of hydrogen-bond donors (Lipinski definition) is 0. The third kappa shape index (κ3) is 3.12. The van der Waals surface area contributed by atoms with E-state index in [0.29, 0.717) is 11.2 Å². The maximum atomic E-state index is 13.2. The number of halogens is 1. The molecule has 0 bridgehead atoms. The lowest BCUT2D eigenvalue weighted by molar-refractivity contribution is 0.563. The van der Waals surface area contributed by atoms with E-state index in [1.165, 1.54) is 15.6 Å². The molecule has 1 aliphatic heterocycles. The standard InChI is InChI=1S/C19H22BrN5O2/c1-22-15-16(21-18(22)24-10-4-3-5-11-24)23(2)19(27)25(17(15)26)12-13-6-8-14(20)9-7-13/h6-9H,3-5,10-12H2,1-2H3. The van der Waals surface area contributed by atoms with Gasteiger partial charge in [-0.3, -0.25) is 13.9 Å². The topological polar surface area (TPSA) is 65.1 Å². The number of aryl methyl sites for hydroxylation is 2. The van der Waals surface area contributed by atoms with Gasteiger partial charge in [-0.25, -0.2) is 4.79 Å². The lowest BCUT2D eigenvalue weighted by atomic mass is 10.1. The quantitative estimate of drug-likeness (QED) is 0.637. The molecule has 142 valence electrons. The van der Waals surface area contributed by atoms with Gasteiger partial charge >= 0.3 is 5.69 Å². The number of aromatic nitrogens is 4. The van der Waals surface area contributed by atoms with E-state index in [2.05, 4.69) is 25.8 Å². The van der Waals surface area contributed by atoms with Gasteiger partial charge in [-0.2, -0.15) is 4.98 Å². The zero-order valence-electron chi connectivity index (χ0n) is 15.5. The summed E-state index contributed by atoms with van der Waals surface area (Å²) in [6, 6.07) is 7.62. The lowest BCUT2D eigenvalue weighted by Gasteiger charge is -2.27. The Hall–Kier alpha value is -2.35. The Labute approximate surface area is 165 Å². The van der Waals surface area contributed by atoms with Crippen molar-refractivity contribution in [2.24, 2.45) is 14.1 Å². The normalized spacial score (nSPS) is 14.9. The van der Waals surface area contributed by atoms with E-state index in [0.717, 1.165) is 41.9 Å². The van der Waals surface area contributed by atoms with Gasteiger partial charge < -0.3 is 9.47 Å².